The number of carbonyl (C=O) groups excluding carboxylic acids is 3. The Morgan fingerprint density at radius 2 is 1.75 bits per heavy atom. The minimum Gasteiger partial charge on any atom is -0.322 e. The first-order valence-electron chi connectivity index (χ1n) is 9.78. The summed E-state index contributed by atoms with van der Waals surface area (Å²) < 4.78 is 0. The third-order valence-corrected chi connectivity index (χ3v) is 5.16. The minimum atomic E-state index is -0.563. The molecule has 1 fully saturated rings. The fraction of sp³-hybridized carbons (Fsp3) is 0.348. The van der Waals surface area contributed by atoms with Crippen LogP contribution in [0, 0.1) is 0 Å². The molecule has 0 aromatic heterocycles. The summed E-state index contributed by atoms with van der Waals surface area (Å²) in [6.45, 7) is 3.71. The first kappa shape index (κ1) is 19.8. The molecule has 28 heavy (non-hydrogen) atoms. The number of amides is 2. The number of carbonyl (C=O) groups is 3. The highest BCUT2D eigenvalue weighted by Crippen LogP contribution is 2.28. The van der Waals surface area contributed by atoms with Crippen molar-refractivity contribution >= 4 is 23.3 Å². The van der Waals surface area contributed by atoms with Gasteiger partial charge in [0.2, 0.25) is 11.7 Å². The Morgan fingerprint density at radius 1 is 1.04 bits per heavy atom. The molecule has 5 heteroatoms. The monoisotopic (exact) mass is 378 g/mol. The van der Waals surface area contributed by atoms with Crippen molar-refractivity contribution in [1.29, 1.82) is 0 Å². The predicted molar refractivity (Wildman–Crippen MR) is 110 cm³/mol. The van der Waals surface area contributed by atoms with Crippen LogP contribution >= 0.6 is 0 Å². The smallest absolute Gasteiger partial charge is 0.290 e. The Morgan fingerprint density at radius 3 is 2.43 bits per heavy atom. The molecule has 5 nitrogen and oxygen atoms in total. The molecule has 0 saturated carbocycles. The van der Waals surface area contributed by atoms with Crippen LogP contribution in [-0.4, -0.2) is 41.6 Å². The predicted octanol–water partition coefficient (Wildman–Crippen LogP) is 3.68. The largest absolute Gasteiger partial charge is 0.322 e. The Balaban J connectivity index is 1.87. The molecule has 1 aliphatic rings. The van der Waals surface area contributed by atoms with Gasteiger partial charge in [-0.05, 0) is 29.7 Å². The van der Waals surface area contributed by atoms with Crippen LogP contribution in [0.4, 0.5) is 5.69 Å². The molecular formula is C23H26N2O3. The Labute approximate surface area is 166 Å². The number of hydrogen-bond acceptors (Lipinski definition) is 3. The molecule has 0 radical (unpaired) electrons. The van der Waals surface area contributed by atoms with Crippen LogP contribution in [0.15, 0.2) is 54.6 Å². The third-order valence-electron chi connectivity index (χ3n) is 5.16. The van der Waals surface area contributed by atoms with E-state index in [1.54, 1.807) is 4.90 Å². The minimum absolute atomic E-state index is 0.0532. The highest BCUT2D eigenvalue weighted by Gasteiger charge is 2.36. The quantitative estimate of drug-likeness (QED) is 0.721. The second-order valence-electron chi connectivity index (χ2n) is 7.21. The fourth-order valence-corrected chi connectivity index (χ4v) is 3.63. The number of anilines is 1. The molecule has 2 aromatic carbocycles. The van der Waals surface area contributed by atoms with Gasteiger partial charge in [-0.1, -0.05) is 62.2 Å². The van der Waals surface area contributed by atoms with Crippen molar-refractivity contribution in [3.63, 3.8) is 0 Å². The number of hydrogen-bond donors (Lipinski definition) is 0. The number of unbranched alkanes of at least 4 members (excludes halogenated alkanes) is 1. The second-order valence-corrected chi connectivity index (χ2v) is 7.21. The normalized spacial score (nSPS) is 16.9. The van der Waals surface area contributed by atoms with E-state index in [1.165, 1.54) is 11.8 Å². The summed E-state index contributed by atoms with van der Waals surface area (Å²) in [5.41, 5.74) is 2.95. The van der Waals surface area contributed by atoms with E-state index in [1.807, 2.05) is 54.6 Å². The number of rotatable bonds is 6. The van der Waals surface area contributed by atoms with Gasteiger partial charge < -0.3 is 9.80 Å². The molecule has 0 N–H and O–H groups in total. The lowest BCUT2D eigenvalue weighted by molar-refractivity contribution is -0.148. The highest BCUT2D eigenvalue weighted by molar-refractivity contribution is 6.35. The average Bonchev–Trinajstić information content (AvgIpc) is 2.72. The first-order chi connectivity index (χ1) is 13.5. The van der Waals surface area contributed by atoms with Crippen molar-refractivity contribution in [3.05, 3.63) is 54.6 Å². The molecule has 2 aromatic rings. The lowest BCUT2D eigenvalue weighted by Crippen LogP contribution is -2.59. The summed E-state index contributed by atoms with van der Waals surface area (Å²) in [6, 6.07) is 17.8. The lowest BCUT2D eigenvalue weighted by atomic mass is 10.0. The number of benzene rings is 2. The maximum absolute atomic E-state index is 12.8. The van der Waals surface area contributed by atoms with Crippen molar-refractivity contribution in [2.75, 3.05) is 18.0 Å². The van der Waals surface area contributed by atoms with Crippen molar-refractivity contribution < 1.29 is 14.4 Å². The summed E-state index contributed by atoms with van der Waals surface area (Å²) in [7, 11) is 0. The summed E-state index contributed by atoms with van der Waals surface area (Å²) in [5.74, 6) is -1.24. The molecule has 0 aliphatic carbocycles. The maximum Gasteiger partial charge on any atom is 0.290 e. The Hall–Kier alpha value is -2.95. The van der Waals surface area contributed by atoms with E-state index in [4.69, 9.17) is 0 Å². The van der Waals surface area contributed by atoms with E-state index in [0.29, 0.717) is 6.54 Å². The number of Topliss-reactive ketones (excluding diaryl/α,β-unsaturated/α-hetero) is 1. The number of piperazine rings is 1. The Bertz CT molecular complexity index is 863. The molecule has 0 unspecified atom stereocenters. The Kier molecular flexibility index (Phi) is 6.24. The van der Waals surface area contributed by atoms with Crippen LogP contribution in [0.3, 0.4) is 0 Å². The van der Waals surface area contributed by atoms with Crippen LogP contribution < -0.4 is 4.90 Å². The van der Waals surface area contributed by atoms with Crippen LogP contribution in [0.5, 0.6) is 0 Å². The topological polar surface area (TPSA) is 57.7 Å². The molecule has 0 spiro atoms. The SMILES string of the molecule is CCCC[C@H]1CN(c2cccc(-c3ccccc3)c2)C(=O)CN1C(=O)C(C)=O. The highest BCUT2D eigenvalue weighted by atomic mass is 16.2. The zero-order valence-corrected chi connectivity index (χ0v) is 16.4. The first-order valence-corrected chi connectivity index (χ1v) is 9.78. The van der Waals surface area contributed by atoms with Crippen molar-refractivity contribution in [2.24, 2.45) is 0 Å². The van der Waals surface area contributed by atoms with Gasteiger partial charge in [-0.25, -0.2) is 0 Å². The van der Waals surface area contributed by atoms with Gasteiger partial charge in [-0.15, -0.1) is 0 Å². The molecule has 3 rings (SSSR count). The van der Waals surface area contributed by atoms with Gasteiger partial charge in [0.25, 0.3) is 5.91 Å². The molecule has 146 valence electrons. The van der Waals surface area contributed by atoms with Crippen molar-refractivity contribution in [2.45, 2.75) is 39.2 Å². The van der Waals surface area contributed by atoms with Crippen LogP contribution in [0.25, 0.3) is 11.1 Å². The van der Waals surface area contributed by atoms with E-state index >= 15 is 0 Å². The lowest BCUT2D eigenvalue weighted by Gasteiger charge is -2.40. The van der Waals surface area contributed by atoms with Crippen LogP contribution in [0.1, 0.15) is 33.1 Å². The zero-order valence-electron chi connectivity index (χ0n) is 16.4. The fourth-order valence-electron chi connectivity index (χ4n) is 3.63. The van der Waals surface area contributed by atoms with Gasteiger partial charge in [0, 0.05) is 19.2 Å². The summed E-state index contributed by atoms with van der Waals surface area (Å²) >= 11 is 0. The standard InChI is InChI=1S/C23H26N2O3/c1-3-4-12-21-15-24(22(27)16-25(21)23(28)17(2)26)20-13-8-11-19(14-20)18-9-6-5-7-10-18/h5-11,13-14,21H,3-4,12,15-16H2,1-2H3/t21-/m0/s1. The van der Waals surface area contributed by atoms with Gasteiger partial charge >= 0.3 is 0 Å². The molecule has 1 saturated heterocycles. The van der Waals surface area contributed by atoms with E-state index in [-0.39, 0.29) is 18.5 Å². The average molecular weight is 378 g/mol. The van der Waals surface area contributed by atoms with E-state index in [0.717, 1.165) is 36.1 Å². The van der Waals surface area contributed by atoms with Gasteiger partial charge in [0.05, 0.1) is 6.04 Å². The second kappa shape index (κ2) is 8.83. The van der Waals surface area contributed by atoms with Crippen LogP contribution in [0.2, 0.25) is 0 Å². The van der Waals surface area contributed by atoms with Crippen molar-refractivity contribution in [3.8, 4) is 11.1 Å². The summed E-state index contributed by atoms with van der Waals surface area (Å²) in [4.78, 5) is 39.9. The maximum atomic E-state index is 12.8. The third kappa shape index (κ3) is 4.30. The number of ketones is 1. The molecule has 2 amide bonds. The van der Waals surface area contributed by atoms with E-state index in [9.17, 15) is 14.4 Å². The molecule has 1 atom stereocenters. The zero-order chi connectivity index (χ0) is 20.1. The van der Waals surface area contributed by atoms with Gasteiger partial charge in [-0.2, -0.15) is 0 Å². The van der Waals surface area contributed by atoms with Gasteiger partial charge in [-0.3, -0.25) is 14.4 Å². The van der Waals surface area contributed by atoms with E-state index < -0.39 is 11.7 Å². The van der Waals surface area contributed by atoms with E-state index in [2.05, 4.69) is 6.92 Å². The molecular weight excluding hydrogens is 352 g/mol. The number of nitrogens with zero attached hydrogens (tertiary/aromatic N) is 2. The molecule has 1 aliphatic heterocycles. The van der Waals surface area contributed by atoms with Crippen molar-refractivity contribution in [1.82, 2.24) is 4.90 Å². The molecule has 0 bridgehead atoms. The van der Waals surface area contributed by atoms with Gasteiger partial charge in [0.1, 0.15) is 6.54 Å². The van der Waals surface area contributed by atoms with Crippen LogP contribution in [-0.2, 0) is 14.4 Å². The summed E-state index contributed by atoms with van der Waals surface area (Å²) in [5, 5.41) is 0. The molecule has 1 heterocycles. The van der Waals surface area contributed by atoms with Gasteiger partial charge in [0.15, 0.2) is 0 Å². The summed E-state index contributed by atoms with van der Waals surface area (Å²) in [6.07, 6.45) is 2.71.